The molecule has 0 unspecified atom stereocenters. The lowest BCUT2D eigenvalue weighted by Gasteiger charge is -2.21. The Morgan fingerprint density at radius 3 is 2.13 bits per heavy atom. The predicted octanol–water partition coefficient (Wildman–Crippen LogP) is 1.09. The molecule has 136 valence electrons. The highest BCUT2D eigenvalue weighted by Crippen LogP contribution is 2.04. The summed E-state index contributed by atoms with van der Waals surface area (Å²) in [6.07, 6.45) is 1.37. The van der Waals surface area contributed by atoms with E-state index < -0.39 is 23.9 Å². The first kappa shape index (κ1) is 26.3. The minimum atomic E-state index is -1.06. The molecule has 0 amide bonds. The molecule has 0 aliphatic rings. The van der Waals surface area contributed by atoms with Crippen molar-refractivity contribution in [1.82, 2.24) is 5.06 Å². The monoisotopic (exact) mass is 375 g/mol. The molecule has 0 saturated carbocycles. The zero-order valence-corrected chi connectivity index (χ0v) is 14.8. The Hall–Kier alpha value is -1.58. The molecule has 0 aromatic heterocycles. The van der Waals surface area contributed by atoms with Crippen molar-refractivity contribution < 1.29 is 29.2 Å². The van der Waals surface area contributed by atoms with Crippen LogP contribution in [0.5, 0.6) is 0 Å². The number of carbonyl (C=O) groups is 3. The molecule has 0 saturated heterocycles. The Morgan fingerprint density at radius 2 is 1.70 bits per heavy atom. The summed E-state index contributed by atoms with van der Waals surface area (Å²) in [5.74, 6) is -2.00. The van der Waals surface area contributed by atoms with Crippen LogP contribution in [0.1, 0.15) is 40.0 Å². The maximum atomic E-state index is 11.0. The number of aliphatic carboxylic acids is 1. The second-order valence-corrected chi connectivity index (χ2v) is 4.35. The van der Waals surface area contributed by atoms with Gasteiger partial charge in [-0.25, -0.2) is 4.79 Å². The molecule has 0 aromatic carbocycles. The Labute approximate surface area is 146 Å². The van der Waals surface area contributed by atoms with Gasteiger partial charge in [-0.05, 0) is 19.3 Å². The summed E-state index contributed by atoms with van der Waals surface area (Å²) in [5.41, 5.74) is 5.38. The molecule has 0 aliphatic carbocycles. The third-order valence-corrected chi connectivity index (χ3v) is 2.35. The molecule has 9 nitrogen and oxygen atoms in total. The molecule has 0 aliphatic heterocycles. The van der Waals surface area contributed by atoms with E-state index in [1.54, 1.807) is 0 Å². The molecular weight excluding hydrogens is 353 g/mol. The van der Waals surface area contributed by atoms with Crippen molar-refractivity contribution >= 4 is 48.6 Å². The van der Waals surface area contributed by atoms with E-state index in [2.05, 4.69) is 9.99 Å². The minimum Gasteiger partial charge on any atom is -0.480 e. The Bertz CT molecular complexity index is 420. The Morgan fingerprint density at radius 1 is 1.13 bits per heavy atom. The first-order chi connectivity index (χ1) is 9.73. The number of halogens is 2. The number of carboxylic acids is 1. The van der Waals surface area contributed by atoms with Crippen molar-refractivity contribution in [2.24, 2.45) is 10.9 Å². The predicted molar refractivity (Wildman–Crippen MR) is 87.3 cm³/mol. The summed E-state index contributed by atoms with van der Waals surface area (Å²) in [5, 5.41) is 13.3. The Kier molecular flexibility index (Phi) is 16.1. The highest BCUT2D eigenvalue weighted by Gasteiger charge is 2.14. The molecule has 1 atom stereocenters. The Balaban J connectivity index is -0.00000200. The van der Waals surface area contributed by atoms with Gasteiger partial charge in [0.25, 0.3) is 0 Å². The SMILES string of the molecule is CC(=O)O/N=C(/C)N(CCCC[C@H](N)C(=O)O)OC(C)=O.Cl.Cl. The van der Waals surface area contributed by atoms with Crippen molar-refractivity contribution in [2.45, 2.75) is 46.1 Å². The smallest absolute Gasteiger partial charge is 0.332 e. The van der Waals surface area contributed by atoms with Crippen LogP contribution in [0.2, 0.25) is 0 Å². The summed E-state index contributed by atoms with van der Waals surface area (Å²) < 4.78 is 0. The quantitative estimate of drug-likeness (QED) is 0.222. The van der Waals surface area contributed by atoms with Gasteiger partial charge in [0.05, 0.1) is 6.54 Å². The second kappa shape index (κ2) is 14.0. The van der Waals surface area contributed by atoms with Crippen LogP contribution in [0.4, 0.5) is 0 Å². The van der Waals surface area contributed by atoms with Crippen molar-refractivity contribution in [2.75, 3.05) is 6.54 Å². The van der Waals surface area contributed by atoms with Crippen LogP contribution >= 0.6 is 24.8 Å². The normalized spacial score (nSPS) is 11.4. The second-order valence-electron chi connectivity index (χ2n) is 4.35. The van der Waals surface area contributed by atoms with Gasteiger partial charge in [0, 0.05) is 20.8 Å². The zero-order valence-electron chi connectivity index (χ0n) is 13.2. The molecule has 0 bridgehead atoms. The average molecular weight is 376 g/mol. The summed E-state index contributed by atoms with van der Waals surface area (Å²) in [6.45, 7) is 4.21. The molecule has 0 spiro atoms. The van der Waals surface area contributed by atoms with Crippen LogP contribution in [0.25, 0.3) is 0 Å². The third-order valence-electron chi connectivity index (χ3n) is 2.35. The van der Waals surface area contributed by atoms with Gasteiger partial charge in [0.2, 0.25) is 0 Å². The van der Waals surface area contributed by atoms with Gasteiger partial charge in [-0.1, -0.05) is 5.16 Å². The molecule has 0 fully saturated rings. The number of rotatable bonds is 7. The fourth-order valence-electron chi connectivity index (χ4n) is 1.35. The van der Waals surface area contributed by atoms with Gasteiger partial charge >= 0.3 is 17.9 Å². The van der Waals surface area contributed by atoms with Crippen molar-refractivity contribution in [1.29, 1.82) is 0 Å². The van der Waals surface area contributed by atoms with Crippen LogP contribution in [0.15, 0.2) is 5.16 Å². The van der Waals surface area contributed by atoms with Gasteiger partial charge < -0.3 is 20.5 Å². The van der Waals surface area contributed by atoms with E-state index >= 15 is 0 Å². The van der Waals surface area contributed by atoms with Crippen LogP contribution in [0, 0.1) is 0 Å². The van der Waals surface area contributed by atoms with Crippen molar-refractivity contribution in [3.05, 3.63) is 0 Å². The molecule has 0 rings (SSSR count). The van der Waals surface area contributed by atoms with E-state index in [0.29, 0.717) is 19.3 Å². The highest BCUT2D eigenvalue weighted by molar-refractivity contribution is 5.85. The van der Waals surface area contributed by atoms with Crippen LogP contribution in [-0.4, -0.2) is 46.5 Å². The van der Waals surface area contributed by atoms with Crippen LogP contribution < -0.4 is 5.73 Å². The molecule has 11 heteroatoms. The van der Waals surface area contributed by atoms with Crippen LogP contribution in [0.3, 0.4) is 0 Å². The highest BCUT2D eigenvalue weighted by atomic mass is 35.5. The molecule has 0 aromatic rings. The lowest BCUT2D eigenvalue weighted by molar-refractivity contribution is -0.170. The number of hydrogen-bond acceptors (Lipinski definition) is 7. The van der Waals surface area contributed by atoms with E-state index in [0.717, 1.165) is 0 Å². The van der Waals surface area contributed by atoms with Gasteiger partial charge in [-0.3, -0.25) is 9.59 Å². The van der Waals surface area contributed by atoms with Crippen molar-refractivity contribution in [3.8, 4) is 0 Å². The maximum absolute atomic E-state index is 11.0. The van der Waals surface area contributed by atoms with Gasteiger partial charge in [0.15, 0.2) is 5.84 Å². The first-order valence-corrected chi connectivity index (χ1v) is 6.40. The maximum Gasteiger partial charge on any atom is 0.332 e. The number of nitrogens with two attached hydrogens (primary N) is 1. The van der Waals surface area contributed by atoms with E-state index in [4.69, 9.17) is 15.7 Å². The number of unbranched alkanes of at least 4 members (excludes halogenated alkanes) is 1. The van der Waals surface area contributed by atoms with Gasteiger partial charge in [0.1, 0.15) is 6.04 Å². The fraction of sp³-hybridized carbons (Fsp3) is 0.667. The lowest BCUT2D eigenvalue weighted by atomic mass is 10.1. The van der Waals surface area contributed by atoms with E-state index in [9.17, 15) is 14.4 Å². The fourth-order valence-corrected chi connectivity index (χ4v) is 1.35. The molecule has 0 radical (unpaired) electrons. The molecule has 0 heterocycles. The number of oxime groups is 1. The summed E-state index contributed by atoms with van der Waals surface area (Å²) >= 11 is 0. The van der Waals surface area contributed by atoms with E-state index in [1.165, 1.54) is 25.8 Å². The minimum absolute atomic E-state index is 0. The largest absolute Gasteiger partial charge is 0.480 e. The molecule has 23 heavy (non-hydrogen) atoms. The average Bonchev–Trinajstić information content (AvgIpc) is 2.38. The topological polar surface area (TPSA) is 132 Å². The molecular formula is C12H23Cl2N3O6. The van der Waals surface area contributed by atoms with Gasteiger partial charge in [-0.15, -0.1) is 24.8 Å². The standard InChI is InChI=1S/C12H21N3O6.2ClH/c1-8(14-20-9(2)16)15(21-10(3)17)7-5-4-6-11(13)12(18)19;;/h11H,4-7,13H2,1-3H3,(H,18,19);2*1H/b14-8-;;/t11-;;/m0../s1. The zero-order chi connectivity index (χ0) is 16.4. The number of hydroxylamine groups is 2. The number of carboxylic acid groups (broad SMARTS) is 1. The first-order valence-electron chi connectivity index (χ1n) is 6.40. The van der Waals surface area contributed by atoms with Crippen molar-refractivity contribution in [3.63, 3.8) is 0 Å². The lowest BCUT2D eigenvalue weighted by Crippen LogP contribution is -2.33. The number of nitrogens with zero attached hydrogens (tertiary/aromatic N) is 2. The third kappa shape index (κ3) is 13.8. The summed E-state index contributed by atoms with van der Waals surface area (Å²) in [6, 6.07) is -0.914. The summed E-state index contributed by atoms with van der Waals surface area (Å²) in [4.78, 5) is 41.6. The number of carbonyl (C=O) groups excluding carboxylic acids is 2. The molecule has 3 N–H and O–H groups in total. The summed E-state index contributed by atoms with van der Waals surface area (Å²) in [7, 11) is 0. The number of hydrogen-bond donors (Lipinski definition) is 2. The van der Waals surface area contributed by atoms with Crippen LogP contribution in [-0.2, 0) is 24.1 Å². The van der Waals surface area contributed by atoms with E-state index in [1.807, 2.05) is 0 Å². The van der Waals surface area contributed by atoms with Gasteiger partial charge in [-0.2, -0.15) is 5.06 Å². The number of amidine groups is 1. The van der Waals surface area contributed by atoms with E-state index in [-0.39, 0.29) is 37.2 Å².